The van der Waals surface area contributed by atoms with Crippen LogP contribution < -0.4 is 0 Å². The third kappa shape index (κ3) is 5.98. The standard InChI is InChI=1S/C30H30N2O3/c1-31(20-11-14-23-12-5-2-6-13-23)26-19-21-32(27(22-26)30(34)35)29(33)28(24-15-7-3-8-16-24)25-17-9-4-10-18-25/h2-10,12-13,15-18,26-28H,19-22H2,1H3,(H,34,35). The summed E-state index contributed by atoms with van der Waals surface area (Å²) in [4.78, 5) is 29.8. The molecule has 1 aliphatic heterocycles. The third-order valence-corrected chi connectivity index (χ3v) is 6.61. The summed E-state index contributed by atoms with van der Waals surface area (Å²) in [6, 6.07) is 28.1. The summed E-state index contributed by atoms with van der Waals surface area (Å²) in [5.74, 6) is 4.67. The predicted octanol–water partition coefficient (Wildman–Crippen LogP) is 4.25. The topological polar surface area (TPSA) is 60.9 Å². The second kappa shape index (κ2) is 11.5. The fourth-order valence-electron chi connectivity index (χ4n) is 4.70. The molecule has 1 heterocycles. The van der Waals surface area contributed by atoms with Crippen LogP contribution in [0, 0.1) is 11.8 Å². The highest BCUT2D eigenvalue weighted by Gasteiger charge is 2.40. The molecular weight excluding hydrogens is 436 g/mol. The molecule has 1 saturated heterocycles. The van der Waals surface area contributed by atoms with Crippen molar-refractivity contribution in [3.05, 3.63) is 108 Å². The number of likely N-dealkylation sites (tertiary alicyclic amines) is 1. The summed E-state index contributed by atoms with van der Waals surface area (Å²) in [6.45, 7) is 0.934. The lowest BCUT2D eigenvalue weighted by molar-refractivity contribution is -0.153. The minimum atomic E-state index is -0.966. The lowest BCUT2D eigenvalue weighted by atomic mass is 9.87. The van der Waals surface area contributed by atoms with Gasteiger partial charge in [-0.2, -0.15) is 0 Å². The molecule has 0 aliphatic carbocycles. The molecule has 0 spiro atoms. The highest BCUT2D eigenvalue weighted by molar-refractivity contribution is 5.91. The summed E-state index contributed by atoms with van der Waals surface area (Å²) in [5, 5.41) is 10.1. The maximum atomic E-state index is 13.8. The van der Waals surface area contributed by atoms with Gasteiger partial charge in [-0.05, 0) is 43.1 Å². The summed E-state index contributed by atoms with van der Waals surface area (Å²) in [7, 11) is 1.97. The fraction of sp³-hybridized carbons (Fsp3) is 0.267. The Balaban J connectivity index is 1.50. The number of hydrogen-bond acceptors (Lipinski definition) is 3. The molecular formula is C30H30N2O3. The number of piperidine rings is 1. The molecule has 5 heteroatoms. The summed E-state index contributed by atoms with van der Waals surface area (Å²) >= 11 is 0. The molecule has 0 radical (unpaired) electrons. The number of carboxylic acids is 1. The first-order valence-corrected chi connectivity index (χ1v) is 11.9. The quantitative estimate of drug-likeness (QED) is 0.552. The van der Waals surface area contributed by atoms with Crippen LogP contribution in [0.4, 0.5) is 0 Å². The van der Waals surface area contributed by atoms with Crippen molar-refractivity contribution in [2.24, 2.45) is 0 Å². The van der Waals surface area contributed by atoms with Crippen molar-refractivity contribution in [3.63, 3.8) is 0 Å². The Morgan fingerprint density at radius 1 is 0.943 bits per heavy atom. The first kappa shape index (κ1) is 24.3. The molecule has 1 amide bonds. The first-order chi connectivity index (χ1) is 17.0. The maximum Gasteiger partial charge on any atom is 0.326 e. The zero-order chi connectivity index (χ0) is 24.6. The van der Waals surface area contributed by atoms with Crippen molar-refractivity contribution in [3.8, 4) is 11.8 Å². The molecule has 0 aromatic heterocycles. The van der Waals surface area contributed by atoms with Crippen molar-refractivity contribution < 1.29 is 14.7 Å². The van der Waals surface area contributed by atoms with Crippen molar-refractivity contribution >= 4 is 11.9 Å². The normalized spacial score (nSPS) is 17.6. The second-order valence-electron chi connectivity index (χ2n) is 8.90. The van der Waals surface area contributed by atoms with Gasteiger partial charge in [0.25, 0.3) is 0 Å². The van der Waals surface area contributed by atoms with Gasteiger partial charge in [0.05, 0.1) is 12.5 Å². The number of carboxylic acid groups (broad SMARTS) is 1. The van der Waals surface area contributed by atoms with E-state index in [1.54, 1.807) is 4.90 Å². The van der Waals surface area contributed by atoms with Crippen LogP contribution in [0.25, 0.3) is 0 Å². The number of amides is 1. The van der Waals surface area contributed by atoms with Gasteiger partial charge in [-0.3, -0.25) is 9.69 Å². The molecule has 4 rings (SSSR count). The van der Waals surface area contributed by atoms with Gasteiger partial charge < -0.3 is 10.0 Å². The third-order valence-electron chi connectivity index (χ3n) is 6.61. The minimum Gasteiger partial charge on any atom is -0.480 e. The van der Waals surface area contributed by atoms with E-state index in [0.717, 1.165) is 16.7 Å². The number of aliphatic carboxylic acids is 1. The molecule has 5 nitrogen and oxygen atoms in total. The van der Waals surface area contributed by atoms with E-state index in [2.05, 4.69) is 16.7 Å². The van der Waals surface area contributed by atoms with Gasteiger partial charge in [-0.15, -0.1) is 0 Å². The van der Waals surface area contributed by atoms with Crippen LogP contribution in [-0.2, 0) is 9.59 Å². The predicted molar refractivity (Wildman–Crippen MR) is 137 cm³/mol. The highest BCUT2D eigenvalue weighted by atomic mass is 16.4. The largest absolute Gasteiger partial charge is 0.480 e. The number of carbonyl (C=O) groups is 2. The molecule has 1 N–H and O–H groups in total. The Kier molecular flexibility index (Phi) is 7.97. The number of rotatable bonds is 6. The van der Waals surface area contributed by atoms with E-state index in [4.69, 9.17) is 0 Å². The Morgan fingerprint density at radius 3 is 2.03 bits per heavy atom. The van der Waals surface area contributed by atoms with E-state index >= 15 is 0 Å². The Bertz CT molecular complexity index is 1150. The van der Waals surface area contributed by atoms with Crippen LogP contribution in [0.5, 0.6) is 0 Å². The van der Waals surface area contributed by atoms with Crippen molar-refractivity contribution in [1.29, 1.82) is 0 Å². The molecule has 1 aliphatic rings. The van der Waals surface area contributed by atoms with Gasteiger partial charge in [0.15, 0.2) is 0 Å². The van der Waals surface area contributed by atoms with Crippen LogP contribution in [0.3, 0.4) is 0 Å². The van der Waals surface area contributed by atoms with Crippen molar-refractivity contribution in [1.82, 2.24) is 9.80 Å². The molecule has 2 unspecified atom stereocenters. The van der Waals surface area contributed by atoms with Crippen LogP contribution >= 0.6 is 0 Å². The fourth-order valence-corrected chi connectivity index (χ4v) is 4.70. The SMILES string of the molecule is CN(CC#Cc1ccccc1)C1CCN(C(=O)C(c2ccccc2)c2ccccc2)C(C(=O)O)C1. The minimum absolute atomic E-state index is 0.0390. The lowest BCUT2D eigenvalue weighted by Gasteiger charge is -2.41. The molecule has 1 fully saturated rings. The number of carbonyl (C=O) groups excluding carboxylic acids is 1. The highest BCUT2D eigenvalue weighted by Crippen LogP contribution is 2.31. The van der Waals surface area contributed by atoms with Gasteiger partial charge in [-0.25, -0.2) is 4.79 Å². The van der Waals surface area contributed by atoms with E-state index in [1.807, 2.05) is 98.0 Å². The van der Waals surface area contributed by atoms with Crippen molar-refractivity contribution in [2.75, 3.05) is 20.1 Å². The monoisotopic (exact) mass is 466 g/mol. The van der Waals surface area contributed by atoms with Gasteiger partial charge >= 0.3 is 5.97 Å². The van der Waals surface area contributed by atoms with Gasteiger partial charge in [0.1, 0.15) is 6.04 Å². The van der Waals surface area contributed by atoms with Crippen LogP contribution in [-0.4, -0.2) is 59.0 Å². The number of hydrogen-bond donors (Lipinski definition) is 1. The molecule has 178 valence electrons. The van der Waals surface area contributed by atoms with Crippen LogP contribution in [0.1, 0.15) is 35.4 Å². The maximum absolute atomic E-state index is 13.8. The van der Waals surface area contributed by atoms with Gasteiger partial charge in [0.2, 0.25) is 5.91 Å². The zero-order valence-electron chi connectivity index (χ0n) is 19.9. The van der Waals surface area contributed by atoms with Crippen LogP contribution in [0.2, 0.25) is 0 Å². The molecule has 0 saturated carbocycles. The molecule has 2 atom stereocenters. The number of nitrogens with zero attached hydrogens (tertiary/aromatic N) is 2. The van der Waals surface area contributed by atoms with Crippen molar-refractivity contribution in [2.45, 2.75) is 30.8 Å². The molecule has 0 bridgehead atoms. The smallest absolute Gasteiger partial charge is 0.326 e. The van der Waals surface area contributed by atoms with E-state index < -0.39 is 17.9 Å². The second-order valence-corrected chi connectivity index (χ2v) is 8.90. The molecule has 35 heavy (non-hydrogen) atoms. The summed E-state index contributed by atoms with van der Waals surface area (Å²) in [6.07, 6.45) is 1.08. The van der Waals surface area contributed by atoms with E-state index in [-0.39, 0.29) is 11.9 Å². The Labute approximate surface area is 207 Å². The Morgan fingerprint density at radius 2 is 1.49 bits per heavy atom. The van der Waals surface area contributed by atoms with E-state index in [1.165, 1.54) is 0 Å². The first-order valence-electron chi connectivity index (χ1n) is 11.9. The summed E-state index contributed by atoms with van der Waals surface area (Å²) in [5.41, 5.74) is 2.68. The number of benzene rings is 3. The van der Waals surface area contributed by atoms with E-state index in [9.17, 15) is 14.7 Å². The average Bonchev–Trinajstić information content (AvgIpc) is 2.90. The van der Waals surface area contributed by atoms with Gasteiger partial charge in [0, 0.05) is 18.2 Å². The average molecular weight is 467 g/mol. The summed E-state index contributed by atoms with van der Waals surface area (Å²) < 4.78 is 0. The zero-order valence-corrected chi connectivity index (χ0v) is 19.9. The molecule has 3 aromatic rings. The van der Waals surface area contributed by atoms with Gasteiger partial charge in [-0.1, -0.05) is 90.7 Å². The molecule has 3 aromatic carbocycles. The van der Waals surface area contributed by atoms with Crippen LogP contribution in [0.15, 0.2) is 91.0 Å². The van der Waals surface area contributed by atoms with E-state index in [0.29, 0.717) is 25.9 Å². The lowest BCUT2D eigenvalue weighted by Crippen LogP contribution is -2.55. The Hall–Kier alpha value is -3.88.